The van der Waals surface area contributed by atoms with E-state index in [1.54, 1.807) is 19.1 Å². The highest BCUT2D eigenvalue weighted by Gasteiger charge is 2.33. The summed E-state index contributed by atoms with van der Waals surface area (Å²) in [5.74, 6) is 0.0125. The molecule has 1 amide bonds. The Morgan fingerprint density at radius 1 is 1.58 bits per heavy atom. The van der Waals surface area contributed by atoms with Crippen LogP contribution in [0.2, 0.25) is 0 Å². The van der Waals surface area contributed by atoms with Crippen molar-refractivity contribution >= 4 is 23.2 Å². The van der Waals surface area contributed by atoms with Gasteiger partial charge >= 0.3 is 0 Å². The van der Waals surface area contributed by atoms with Crippen molar-refractivity contribution in [2.45, 2.75) is 26.0 Å². The van der Waals surface area contributed by atoms with Crippen LogP contribution in [0.5, 0.6) is 5.75 Å². The van der Waals surface area contributed by atoms with Gasteiger partial charge in [0.25, 0.3) is 5.91 Å². The number of nitrogens with zero attached hydrogens (tertiary/aromatic N) is 1. The molecule has 0 aromatic heterocycles. The third-order valence-corrected chi connectivity index (χ3v) is 3.13. The smallest absolute Gasteiger partial charge is 0.251 e. The molecule has 0 spiro atoms. The van der Waals surface area contributed by atoms with Crippen molar-refractivity contribution in [2.24, 2.45) is 0 Å². The van der Waals surface area contributed by atoms with E-state index in [0.29, 0.717) is 17.4 Å². The van der Waals surface area contributed by atoms with Gasteiger partial charge in [-0.05, 0) is 38.2 Å². The van der Waals surface area contributed by atoms with Crippen LogP contribution in [0.25, 0.3) is 0 Å². The first-order valence-electron chi connectivity index (χ1n) is 6.01. The van der Waals surface area contributed by atoms with Gasteiger partial charge in [-0.1, -0.05) is 6.07 Å². The van der Waals surface area contributed by atoms with E-state index in [4.69, 9.17) is 17.0 Å². The molecule has 0 aliphatic carbocycles. The van der Waals surface area contributed by atoms with Gasteiger partial charge in [-0.15, -0.1) is 0 Å². The van der Waals surface area contributed by atoms with Crippen LogP contribution in [0, 0.1) is 5.82 Å². The highest BCUT2D eigenvalue weighted by Crippen LogP contribution is 2.15. The SMILES string of the molecule is C[C@@H]1NC(=S)N(C[C@H](C)Oc2cccc(F)c2)C1=O. The normalized spacial score (nSPS) is 20.4. The molecule has 1 aliphatic heterocycles. The first-order valence-corrected chi connectivity index (χ1v) is 6.42. The predicted molar refractivity (Wildman–Crippen MR) is 73.4 cm³/mol. The number of amides is 1. The van der Waals surface area contributed by atoms with E-state index < -0.39 is 0 Å². The van der Waals surface area contributed by atoms with Crippen LogP contribution in [-0.2, 0) is 4.79 Å². The van der Waals surface area contributed by atoms with Gasteiger partial charge in [0.2, 0.25) is 0 Å². The van der Waals surface area contributed by atoms with Crippen molar-refractivity contribution in [3.63, 3.8) is 0 Å². The van der Waals surface area contributed by atoms with E-state index >= 15 is 0 Å². The molecule has 0 bridgehead atoms. The summed E-state index contributed by atoms with van der Waals surface area (Å²) >= 11 is 5.08. The standard InChI is InChI=1S/C13H15FN2O2S/c1-8(18-11-5-3-4-10(14)6-11)7-16-12(17)9(2)15-13(16)19/h3-6,8-9H,7H2,1-2H3,(H,15,19)/t8-,9-/m0/s1. The minimum absolute atomic E-state index is 0.0697. The third kappa shape index (κ3) is 3.20. The Balaban J connectivity index is 1.96. The summed E-state index contributed by atoms with van der Waals surface area (Å²) in [6.45, 7) is 3.90. The molecule has 1 N–H and O–H groups in total. The monoisotopic (exact) mass is 282 g/mol. The van der Waals surface area contributed by atoms with Crippen LogP contribution >= 0.6 is 12.2 Å². The molecule has 1 fully saturated rings. The van der Waals surface area contributed by atoms with Crippen LogP contribution in [0.15, 0.2) is 24.3 Å². The van der Waals surface area contributed by atoms with E-state index in [-0.39, 0.29) is 23.9 Å². The molecular weight excluding hydrogens is 267 g/mol. The number of hydrogen-bond acceptors (Lipinski definition) is 3. The second-order valence-corrected chi connectivity index (χ2v) is 4.89. The average molecular weight is 282 g/mol. The molecule has 102 valence electrons. The molecule has 1 aromatic rings. The number of thiocarbonyl (C=S) groups is 1. The van der Waals surface area contributed by atoms with Crippen molar-refractivity contribution in [2.75, 3.05) is 6.54 Å². The molecular formula is C13H15FN2O2S. The van der Waals surface area contributed by atoms with Crippen molar-refractivity contribution in [3.8, 4) is 5.75 Å². The summed E-state index contributed by atoms with van der Waals surface area (Å²) in [6.07, 6.45) is -0.282. The zero-order valence-electron chi connectivity index (χ0n) is 10.7. The number of ether oxygens (including phenoxy) is 1. The van der Waals surface area contributed by atoms with Gasteiger partial charge in [-0.25, -0.2) is 4.39 Å². The van der Waals surface area contributed by atoms with Crippen molar-refractivity contribution in [3.05, 3.63) is 30.1 Å². The fourth-order valence-corrected chi connectivity index (χ4v) is 2.24. The highest BCUT2D eigenvalue weighted by molar-refractivity contribution is 7.80. The van der Waals surface area contributed by atoms with Crippen molar-refractivity contribution in [1.82, 2.24) is 10.2 Å². The maximum atomic E-state index is 13.0. The number of rotatable bonds is 4. The van der Waals surface area contributed by atoms with Crippen LogP contribution in [0.3, 0.4) is 0 Å². The average Bonchev–Trinajstić information content (AvgIpc) is 2.56. The van der Waals surface area contributed by atoms with Gasteiger partial charge < -0.3 is 10.1 Å². The van der Waals surface area contributed by atoms with Gasteiger partial charge in [0.05, 0.1) is 6.54 Å². The number of benzene rings is 1. The quantitative estimate of drug-likeness (QED) is 0.854. The lowest BCUT2D eigenvalue weighted by atomic mass is 10.3. The Labute approximate surface area is 116 Å². The lowest BCUT2D eigenvalue weighted by Crippen LogP contribution is -2.38. The molecule has 19 heavy (non-hydrogen) atoms. The molecule has 0 saturated carbocycles. The van der Waals surface area contributed by atoms with Crippen LogP contribution in [0.4, 0.5) is 4.39 Å². The molecule has 6 heteroatoms. The molecule has 0 radical (unpaired) electrons. The second-order valence-electron chi connectivity index (χ2n) is 4.51. The molecule has 1 heterocycles. The lowest BCUT2D eigenvalue weighted by Gasteiger charge is -2.21. The minimum Gasteiger partial charge on any atom is -0.489 e. The summed E-state index contributed by atoms with van der Waals surface area (Å²) < 4.78 is 18.6. The Kier molecular flexibility index (Phi) is 3.99. The zero-order chi connectivity index (χ0) is 14.0. The van der Waals surface area contributed by atoms with Gasteiger partial charge in [0.15, 0.2) is 5.11 Å². The number of carbonyl (C=O) groups excluding carboxylic acids is 1. The Hall–Kier alpha value is -1.69. The number of nitrogens with one attached hydrogen (secondary N) is 1. The summed E-state index contributed by atoms with van der Waals surface area (Å²) in [6, 6.07) is 5.61. The Bertz CT molecular complexity index is 509. The Morgan fingerprint density at radius 2 is 2.32 bits per heavy atom. The first kappa shape index (κ1) is 13.7. The van der Waals surface area contributed by atoms with E-state index in [2.05, 4.69) is 5.32 Å². The summed E-state index contributed by atoms with van der Waals surface area (Å²) in [5.41, 5.74) is 0. The molecule has 1 aromatic carbocycles. The first-order chi connectivity index (χ1) is 8.97. The number of carbonyl (C=O) groups is 1. The second kappa shape index (κ2) is 5.52. The zero-order valence-corrected chi connectivity index (χ0v) is 11.5. The van der Waals surface area contributed by atoms with Crippen LogP contribution in [-0.4, -0.2) is 34.6 Å². The van der Waals surface area contributed by atoms with Crippen molar-refractivity contribution in [1.29, 1.82) is 0 Å². The van der Waals surface area contributed by atoms with E-state index in [1.165, 1.54) is 17.0 Å². The number of halogens is 1. The van der Waals surface area contributed by atoms with Gasteiger partial charge in [-0.3, -0.25) is 9.69 Å². The molecule has 0 unspecified atom stereocenters. The van der Waals surface area contributed by atoms with Crippen LogP contribution in [0.1, 0.15) is 13.8 Å². The van der Waals surface area contributed by atoms with Crippen molar-refractivity contribution < 1.29 is 13.9 Å². The molecule has 1 aliphatic rings. The van der Waals surface area contributed by atoms with Gasteiger partial charge in [-0.2, -0.15) is 0 Å². The summed E-state index contributed by atoms with van der Waals surface area (Å²) in [5, 5.41) is 3.30. The fourth-order valence-electron chi connectivity index (χ4n) is 1.90. The Morgan fingerprint density at radius 3 is 2.89 bits per heavy atom. The predicted octanol–water partition coefficient (Wildman–Crippen LogP) is 1.70. The molecule has 4 nitrogen and oxygen atoms in total. The maximum absolute atomic E-state index is 13.0. The fraction of sp³-hybridized carbons (Fsp3) is 0.385. The molecule has 2 atom stereocenters. The van der Waals surface area contributed by atoms with E-state index in [1.807, 2.05) is 6.92 Å². The number of hydrogen-bond donors (Lipinski definition) is 1. The lowest BCUT2D eigenvalue weighted by molar-refractivity contribution is -0.127. The summed E-state index contributed by atoms with van der Waals surface area (Å²) in [7, 11) is 0. The largest absolute Gasteiger partial charge is 0.489 e. The van der Waals surface area contributed by atoms with E-state index in [0.717, 1.165) is 0 Å². The highest BCUT2D eigenvalue weighted by atomic mass is 32.1. The molecule has 1 saturated heterocycles. The third-order valence-electron chi connectivity index (χ3n) is 2.79. The topological polar surface area (TPSA) is 41.6 Å². The minimum atomic E-state index is -0.354. The molecule has 2 rings (SSSR count). The van der Waals surface area contributed by atoms with E-state index in [9.17, 15) is 9.18 Å². The summed E-state index contributed by atoms with van der Waals surface area (Å²) in [4.78, 5) is 13.3. The van der Waals surface area contributed by atoms with Gasteiger partial charge in [0, 0.05) is 6.07 Å². The maximum Gasteiger partial charge on any atom is 0.251 e. The van der Waals surface area contributed by atoms with Crippen LogP contribution < -0.4 is 10.1 Å². The van der Waals surface area contributed by atoms with Gasteiger partial charge in [0.1, 0.15) is 23.7 Å².